The molecule has 0 unspecified atom stereocenters. The fraction of sp³-hybridized carbons (Fsp3) is 0.500. The molecule has 2 fully saturated rings. The molecule has 2 aliphatic rings. The second kappa shape index (κ2) is 7.03. The van der Waals surface area contributed by atoms with Gasteiger partial charge in [0.1, 0.15) is 11.5 Å². The van der Waals surface area contributed by atoms with Crippen molar-refractivity contribution in [1.29, 1.82) is 0 Å². The third kappa shape index (κ3) is 3.60. The lowest BCUT2D eigenvalue weighted by atomic mass is 10.1. The number of carbonyl (C=O) groups is 1. The Balaban J connectivity index is 1.53. The summed E-state index contributed by atoms with van der Waals surface area (Å²) in [5.41, 5.74) is 1.78. The van der Waals surface area contributed by atoms with Gasteiger partial charge in [-0.25, -0.2) is 13.5 Å². The van der Waals surface area contributed by atoms with E-state index < -0.39 is 11.6 Å². The summed E-state index contributed by atoms with van der Waals surface area (Å²) in [6.45, 7) is 7.81. The summed E-state index contributed by atoms with van der Waals surface area (Å²) in [7, 11) is 0. The second-order valence-electron chi connectivity index (χ2n) is 7.59. The van der Waals surface area contributed by atoms with Crippen molar-refractivity contribution < 1.29 is 13.6 Å². The van der Waals surface area contributed by atoms with E-state index in [-0.39, 0.29) is 11.6 Å². The normalized spacial score (nSPS) is 18.1. The molecule has 2 heterocycles. The Kier molecular flexibility index (Phi) is 4.72. The van der Waals surface area contributed by atoms with Gasteiger partial charge in [-0.05, 0) is 44.7 Å². The summed E-state index contributed by atoms with van der Waals surface area (Å²) in [6.07, 6.45) is 2.66. The Morgan fingerprint density at radius 2 is 1.85 bits per heavy atom. The van der Waals surface area contributed by atoms with Crippen LogP contribution >= 0.6 is 0 Å². The third-order valence-electron chi connectivity index (χ3n) is 5.52. The largest absolute Gasteiger partial charge is 0.336 e. The lowest BCUT2D eigenvalue weighted by molar-refractivity contribution is 0.0630. The highest BCUT2D eigenvalue weighted by Gasteiger charge is 2.30. The first kappa shape index (κ1) is 18.1. The average molecular weight is 374 g/mol. The van der Waals surface area contributed by atoms with Crippen LogP contribution in [0.2, 0.25) is 0 Å². The lowest BCUT2D eigenvalue weighted by Crippen LogP contribution is -2.49. The van der Waals surface area contributed by atoms with Crippen LogP contribution in [-0.2, 0) is 0 Å². The predicted molar refractivity (Wildman–Crippen MR) is 98.0 cm³/mol. The molecule has 0 bridgehead atoms. The molecule has 1 saturated heterocycles. The number of rotatable bonds is 4. The Labute approximate surface area is 157 Å². The molecule has 1 aliphatic heterocycles. The van der Waals surface area contributed by atoms with Crippen LogP contribution in [0.15, 0.2) is 18.2 Å². The smallest absolute Gasteiger partial charge is 0.257 e. The SMILES string of the molecule is Cc1nn(-c2ccc(F)cc2F)c(C)c1C(=O)N1CCN(CC2CC2)CC1. The number of carbonyl (C=O) groups excluding carboxylic acids is 1. The fourth-order valence-corrected chi connectivity index (χ4v) is 3.80. The number of aryl methyl sites for hydroxylation is 1. The van der Waals surface area contributed by atoms with Gasteiger partial charge >= 0.3 is 0 Å². The monoisotopic (exact) mass is 374 g/mol. The Morgan fingerprint density at radius 3 is 2.48 bits per heavy atom. The maximum Gasteiger partial charge on any atom is 0.257 e. The zero-order chi connectivity index (χ0) is 19.1. The van der Waals surface area contributed by atoms with Gasteiger partial charge in [0.05, 0.1) is 17.0 Å². The van der Waals surface area contributed by atoms with Crippen molar-refractivity contribution in [3.05, 3.63) is 46.8 Å². The summed E-state index contributed by atoms with van der Waals surface area (Å²) >= 11 is 0. The van der Waals surface area contributed by atoms with Gasteiger partial charge in [0, 0.05) is 38.8 Å². The summed E-state index contributed by atoms with van der Waals surface area (Å²) in [5, 5.41) is 4.35. The second-order valence-corrected chi connectivity index (χ2v) is 7.59. The highest BCUT2D eigenvalue weighted by atomic mass is 19.1. The third-order valence-corrected chi connectivity index (χ3v) is 5.52. The molecule has 1 aliphatic carbocycles. The molecule has 27 heavy (non-hydrogen) atoms. The van der Waals surface area contributed by atoms with Gasteiger partial charge in [-0.15, -0.1) is 0 Å². The van der Waals surface area contributed by atoms with Crippen molar-refractivity contribution in [2.24, 2.45) is 5.92 Å². The first-order valence-electron chi connectivity index (χ1n) is 9.47. The molecular weight excluding hydrogens is 350 g/mol. The summed E-state index contributed by atoms with van der Waals surface area (Å²) in [4.78, 5) is 17.3. The molecule has 0 atom stereocenters. The molecule has 2 aromatic rings. The van der Waals surface area contributed by atoms with E-state index in [1.54, 1.807) is 13.8 Å². The first-order chi connectivity index (χ1) is 12.9. The van der Waals surface area contributed by atoms with E-state index in [4.69, 9.17) is 0 Å². The van der Waals surface area contributed by atoms with Crippen LogP contribution in [0.3, 0.4) is 0 Å². The topological polar surface area (TPSA) is 41.4 Å². The quantitative estimate of drug-likeness (QED) is 0.826. The standard InChI is InChI=1S/C20H24F2N4O/c1-13-19(14(2)26(23-13)18-6-5-16(21)11-17(18)22)20(27)25-9-7-24(8-10-25)12-15-3-4-15/h5-6,11,15H,3-4,7-10,12H2,1-2H3. The number of halogens is 2. The summed E-state index contributed by atoms with van der Waals surface area (Å²) < 4.78 is 28.8. The van der Waals surface area contributed by atoms with E-state index in [2.05, 4.69) is 10.00 Å². The van der Waals surface area contributed by atoms with Gasteiger partial charge in [-0.3, -0.25) is 9.69 Å². The van der Waals surface area contributed by atoms with E-state index in [1.165, 1.54) is 29.7 Å². The zero-order valence-electron chi connectivity index (χ0n) is 15.7. The fourth-order valence-electron chi connectivity index (χ4n) is 3.80. The van der Waals surface area contributed by atoms with Crippen molar-refractivity contribution in [2.75, 3.05) is 32.7 Å². The number of amides is 1. The van der Waals surface area contributed by atoms with Crippen LogP contribution in [0.5, 0.6) is 0 Å². The first-order valence-corrected chi connectivity index (χ1v) is 9.47. The molecule has 1 saturated carbocycles. The lowest BCUT2D eigenvalue weighted by Gasteiger charge is -2.34. The number of aromatic nitrogens is 2. The molecular formula is C20H24F2N4O. The number of nitrogens with zero attached hydrogens (tertiary/aromatic N) is 4. The van der Waals surface area contributed by atoms with Gasteiger partial charge in [-0.1, -0.05) is 0 Å². The van der Waals surface area contributed by atoms with Gasteiger partial charge < -0.3 is 4.90 Å². The maximum absolute atomic E-state index is 14.2. The minimum Gasteiger partial charge on any atom is -0.336 e. The minimum atomic E-state index is -0.701. The molecule has 5 nitrogen and oxygen atoms in total. The highest BCUT2D eigenvalue weighted by molar-refractivity contribution is 5.96. The Morgan fingerprint density at radius 1 is 1.15 bits per heavy atom. The summed E-state index contributed by atoms with van der Waals surface area (Å²) in [6, 6.07) is 3.36. The van der Waals surface area contributed by atoms with Crippen LogP contribution in [-0.4, -0.2) is 58.2 Å². The molecule has 144 valence electrons. The molecule has 1 aromatic heterocycles. The molecule has 1 aromatic carbocycles. The van der Waals surface area contributed by atoms with E-state index >= 15 is 0 Å². The number of hydrogen-bond acceptors (Lipinski definition) is 3. The van der Waals surface area contributed by atoms with Crippen LogP contribution in [0.4, 0.5) is 8.78 Å². The summed E-state index contributed by atoms with van der Waals surface area (Å²) in [5.74, 6) is -0.558. The van der Waals surface area contributed by atoms with Crippen LogP contribution in [0.1, 0.15) is 34.6 Å². The number of benzene rings is 1. The average Bonchev–Trinajstić information content (AvgIpc) is 3.39. The highest BCUT2D eigenvalue weighted by Crippen LogP contribution is 2.30. The van der Waals surface area contributed by atoms with Gasteiger partial charge in [-0.2, -0.15) is 5.10 Å². The molecule has 0 radical (unpaired) electrons. The van der Waals surface area contributed by atoms with Crippen LogP contribution < -0.4 is 0 Å². The van der Waals surface area contributed by atoms with Crippen LogP contribution in [0.25, 0.3) is 5.69 Å². The molecule has 0 N–H and O–H groups in total. The van der Waals surface area contributed by atoms with Gasteiger partial charge in [0.15, 0.2) is 5.82 Å². The maximum atomic E-state index is 14.2. The molecule has 4 rings (SSSR count). The van der Waals surface area contributed by atoms with Crippen molar-refractivity contribution in [3.63, 3.8) is 0 Å². The van der Waals surface area contributed by atoms with E-state index in [9.17, 15) is 13.6 Å². The predicted octanol–water partition coefficient (Wildman–Crippen LogP) is 2.94. The van der Waals surface area contributed by atoms with Crippen molar-refractivity contribution in [1.82, 2.24) is 19.6 Å². The van der Waals surface area contributed by atoms with Gasteiger partial charge in [0.25, 0.3) is 5.91 Å². The zero-order valence-corrected chi connectivity index (χ0v) is 15.7. The minimum absolute atomic E-state index is 0.0650. The molecule has 7 heteroatoms. The molecule has 0 spiro atoms. The van der Waals surface area contributed by atoms with Crippen molar-refractivity contribution in [2.45, 2.75) is 26.7 Å². The Bertz CT molecular complexity index is 867. The van der Waals surface area contributed by atoms with E-state index in [1.807, 2.05) is 4.90 Å². The van der Waals surface area contributed by atoms with Crippen molar-refractivity contribution in [3.8, 4) is 5.69 Å². The van der Waals surface area contributed by atoms with Crippen LogP contribution in [0, 0.1) is 31.4 Å². The van der Waals surface area contributed by atoms with E-state index in [0.29, 0.717) is 30.0 Å². The van der Waals surface area contributed by atoms with Crippen molar-refractivity contribution >= 4 is 5.91 Å². The number of piperazine rings is 1. The Hall–Kier alpha value is -2.28. The van der Waals surface area contributed by atoms with Gasteiger partial charge in [0.2, 0.25) is 0 Å². The molecule has 1 amide bonds. The van der Waals surface area contributed by atoms with E-state index in [0.717, 1.165) is 31.6 Å². The number of hydrogen-bond donors (Lipinski definition) is 0.